The second-order valence-corrected chi connectivity index (χ2v) is 3.40. The van der Waals surface area contributed by atoms with Gasteiger partial charge >= 0.3 is 5.97 Å². The molecular weight excluding hydrogens is 156 g/mol. The molecule has 1 saturated heterocycles. The van der Waals surface area contributed by atoms with Crippen molar-refractivity contribution in [3.8, 4) is 0 Å². The Morgan fingerprint density at radius 1 is 1.58 bits per heavy atom. The smallest absolute Gasteiger partial charge is 0.331 e. The molecule has 0 aromatic heterocycles. The topological polar surface area (TPSA) is 49.8 Å². The van der Waals surface area contributed by atoms with Gasteiger partial charge in [0.15, 0.2) is 0 Å². The van der Waals surface area contributed by atoms with Crippen LogP contribution in [0, 0.1) is 0 Å². The monoisotopic (exact) mass is 168 g/mol. The minimum atomic E-state index is -0.733. The van der Waals surface area contributed by atoms with E-state index in [1.54, 1.807) is 0 Å². The maximum Gasteiger partial charge on any atom is 0.331 e. The number of rotatable bonds is 3. The van der Waals surface area contributed by atoms with Gasteiger partial charge in [-0.3, -0.25) is 0 Å². The van der Waals surface area contributed by atoms with Crippen molar-refractivity contribution in [3.05, 3.63) is 11.1 Å². The molecule has 1 N–H and O–H groups in total. The largest absolute Gasteiger partial charge is 0.478 e. The van der Waals surface area contributed by atoms with Crippen LogP contribution in [0.3, 0.4) is 0 Å². The van der Waals surface area contributed by atoms with Gasteiger partial charge in [0.05, 0.1) is 12.7 Å². The van der Waals surface area contributed by atoms with Crippen molar-refractivity contribution in [1.29, 1.82) is 0 Å². The van der Waals surface area contributed by atoms with Crippen LogP contribution in [-0.4, -0.2) is 23.8 Å². The molecule has 1 heterocycles. The highest BCUT2D eigenvalue weighted by atomic mass is 16.6. The minimum absolute atomic E-state index is 0.326. The summed E-state index contributed by atoms with van der Waals surface area (Å²) in [6, 6.07) is 0. The first-order valence-corrected chi connectivity index (χ1v) is 4.33. The Bertz CT molecular complexity index is 238. The van der Waals surface area contributed by atoms with Crippen LogP contribution in [0.25, 0.3) is 0 Å². The van der Waals surface area contributed by atoms with Crippen LogP contribution in [0.15, 0.2) is 11.1 Å². The summed E-state index contributed by atoms with van der Waals surface area (Å²) >= 11 is 0. The summed E-state index contributed by atoms with van der Waals surface area (Å²) in [4.78, 5) is 10.7. The molecule has 0 radical (unpaired) electrons. The van der Waals surface area contributed by atoms with E-state index < -0.39 is 5.97 Å². The van der Waals surface area contributed by atoms with E-state index in [9.17, 15) is 4.79 Å². The fourth-order valence-corrected chi connectivity index (χ4v) is 1.75. The molecule has 2 rings (SSSR count). The molecule has 1 fully saturated rings. The van der Waals surface area contributed by atoms with E-state index in [1.165, 1.54) is 0 Å². The molecule has 1 unspecified atom stereocenters. The number of ether oxygens (including phenoxy) is 1. The molecule has 3 nitrogen and oxygen atoms in total. The third kappa shape index (κ3) is 1.50. The summed E-state index contributed by atoms with van der Waals surface area (Å²) in [6.45, 7) is 0.816. The molecule has 0 spiro atoms. The van der Waals surface area contributed by atoms with Gasteiger partial charge in [-0.25, -0.2) is 4.79 Å². The van der Waals surface area contributed by atoms with Crippen molar-refractivity contribution in [3.63, 3.8) is 0 Å². The van der Waals surface area contributed by atoms with Crippen LogP contribution in [0.2, 0.25) is 0 Å². The third-order valence-corrected chi connectivity index (χ3v) is 2.47. The molecule has 0 aromatic carbocycles. The maximum atomic E-state index is 10.7. The summed E-state index contributed by atoms with van der Waals surface area (Å²) in [5, 5.41) is 8.82. The zero-order valence-electron chi connectivity index (χ0n) is 6.88. The Labute approximate surface area is 71.0 Å². The number of carboxylic acids is 1. The van der Waals surface area contributed by atoms with E-state index in [-0.39, 0.29) is 0 Å². The van der Waals surface area contributed by atoms with Gasteiger partial charge in [-0.05, 0) is 25.7 Å². The molecular formula is C9H12O3. The van der Waals surface area contributed by atoms with Crippen LogP contribution in [0.4, 0.5) is 0 Å². The minimum Gasteiger partial charge on any atom is -0.478 e. The van der Waals surface area contributed by atoms with E-state index in [4.69, 9.17) is 9.84 Å². The van der Waals surface area contributed by atoms with Gasteiger partial charge in [0.1, 0.15) is 0 Å². The first-order valence-electron chi connectivity index (χ1n) is 4.33. The summed E-state index contributed by atoms with van der Waals surface area (Å²) in [6.07, 6.45) is 3.89. The van der Waals surface area contributed by atoms with Crippen molar-refractivity contribution < 1.29 is 14.6 Å². The maximum absolute atomic E-state index is 10.7. The Morgan fingerprint density at radius 3 is 2.92 bits per heavy atom. The highest BCUT2D eigenvalue weighted by molar-refractivity contribution is 5.88. The van der Waals surface area contributed by atoms with Gasteiger partial charge in [0.25, 0.3) is 0 Å². The third-order valence-electron chi connectivity index (χ3n) is 2.47. The zero-order valence-corrected chi connectivity index (χ0v) is 6.88. The van der Waals surface area contributed by atoms with Gasteiger partial charge in [-0.2, -0.15) is 0 Å². The number of hydrogen-bond acceptors (Lipinski definition) is 2. The Morgan fingerprint density at radius 2 is 2.33 bits per heavy atom. The summed E-state index contributed by atoms with van der Waals surface area (Å²) in [5.41, 5.74) is 1.76. The molecule has 2 aliphatic rings. The number of carbonyl (C=O) groups is 1. The van der Waals surface area contributed by atoms with Gasteiger partial charge in [0.2, 0.25) is 0 Å². The quantitative estimate of drug-likeness (QED) is 0.647. The number of aliphatic carboxylic acids is 1. The lowest BCUT2D eigenvalue weighted by atomic mass is 10.1. The van der Waals surface area contributed by atoms with E-state index >= 15 is 0 Å². The Balaban J connectivity index is 2.06. The second kappa shape index (κ2) is 2.90. The molecule has 1 aliphatic heterocycles. The van der Waals surface area contributed by atoms with Crippen LogP contribution >= 0.6 is 0 Å². The van der Waals surface area contributed by atoms with E-state index in [2.05, 4.69) is 0 Å². The lowest BCUT2D eigenvalue weighted by molar-refractivity contribution is -0.132. The Kier molecular flexibility index (Phi) is 1.89. The average Bonchev–Trinajstić information content (AvgIpc) is 2.66. The second-order valence-electron chi connectivity index (χ2n) is 3.40. The molecule has 12 heavy (non-hydrogen) atoms. The van der Waals surface area contributed by atoms with Gasteiger partial charge in [-0.15, -0.1) is 0 Å². The van der Waals surface area contributed by atoms with Gasteiger partial charge in [-0.1, -0.05) is 5.57 Å². The molecule has 3 heteroatoms. The molecule has 1 atom stereocenters. The molecule has 0 amide bonds. The lowest BCUT2D eigenvalue weighted by Gasteiger charge is -1.99. The fraction of sp³-hybridized carbons (Fsp3) is 0.667. The van der Waals surface area contributed by atoms with Gasteiger partial charge in [0, 0.05) is 5.57 Å². The lowest BCUT2D eigenvalue weighted by Crippen LogP contribution is -2.01. The van der Waals surface area contributed by atoms with Crippen molar-refractivity contribution in [1.82, 2.24) is 0 Å². The number of carboxylic acid groups (broad SMARTS) is 1. The van der Waals surface area contributed by atoms with Crippen LogP contribution < -0.4 is 0 Å². The summed E-state index contributed by atoms with van der Waals surface area (Å²) in [7, 11) is 0. The van der Waals surface area contributed by atoms with E-state index in [0.29, 0.717) is 11.7 Å². The molecule has 66 valence electrons. The zero-order chi connectivity index (χ0) is 8.55. The number of epoxide rings is 1. The standard InChI is InChI=1S/C9H12O3/c10-9(11)8-3-1-2-6(8)4-7-5-12-7/h7H,1-5H2,(H,10,11). The highest BCUT2D eigenvalue weighted by Gasteiger charge is 2.28. The van der Waals surface area contributed by atoms with E-state index in [1.807, 2.05) is 0 Å². The predicted molar refractivity (Wildman–Crippen MR) is 42.9 cm³/mol. The van der Waals surface area contributed by atoms with Crippen molar-refractivity contribution in [2.24, 2.45) is 0 Å². The first kappa shape index (κ1) is 7.80. The Hall–Kier alpha value is -0.830. The first-order chi connectivity index (χ1) is 5.77. The molecule has 0 aromatic rings. The summed E-state index contributed by atoms with van der Waals surface area (Å²) < 4.78 is 5.07. The highest BCUT2D eigenvalue weighted by Crippen LogP contribution is 2.32. The summed E-state index contributed by atoms with van der Waals surface area (Å²) in [5.74, 6) is -0.733. The normalized spacial score (nSPS) is 27.8. The van der Waals surface area contributed by atoms with E-state index in [0.717, 1.165) is 37.9 Å². The van der Waals surface area contributed by atoms with Crippen LogP contribution in [0.5, 0.6) is 0 Å². The van der Waals surface area contributed by atoms with Crippen molar-refractivity contribution in [2.75, 3.05) is 6.61 Å². The van der Waals surface area contributed by atoms with Crippen molar-refractivity contribution >= 4 is 5.97 Å². The van der Waals surface area contributed by atoms with Gasteiger partial charge < -0.3 is 9.84 Å². The van der Waals surface area contributed by atoms with Crippen LogP contribution in [-0.2, 0) is 9.53 Å². The van der Waals surface area contributed by atoms with Crippen molar-refractivity contribution in [2.45, 2.75) is 31.8 Å². The average molecular weight is 168 g/mol. The van der Waals surface area contributed by atoms with Crippen LogP contribution in [0.1, 0.15) is 25.7 Å². The fourth-order valence-electron chi connectivity index (χ4n) is 1.75. The molecule has 1 aliphatic carbocycles. The molecule has 0 saturated carbocycles. The number of hydrogen-bond donors (Lipinski definition) is 1. The SMILES string of the molecule is O=C(O)C1=C(CC2CO2)CCC1. The molecule has 0 bridgehead atoms. The predicted octanol–water partition coefficient (Wildman–Crippen LogP) is 1.34.